The van der Waals surface area contributed by atoms with Crippen molar-refractivity contribution in [3.63, 3.8) is 0 Å². The molecule has 7 aromatic rings. The molecule has 69 heavy (non-hydrogen) atoms. The summed E-state index contributed by atoms with van der Waals surface area (Å²) in [6, 6.07) is 10.1. The second-order valence-electron chi connectivity index (χ2n) is 17.5. The van der Waals surface area contributed by atoms with Gasteiger partial charge in [0.05, 0.1) is 35.6 Å². The number of anilines is 1. The number of aromatic nitrogens is 9. The SMILES string of the molecule is CCn1nc(C)cc1C(=O)Nc1nc2cc(C(N)=O)cc(OCCCOC)c2n1C/C=C/Cn1c2nc(-c3cc(C)nn3CC)ncc2c2cc(C(N)=O)cc(OCCCCC(=O)OC(C)(C)C)c21. The molecule has 0 fully saturated rings. The monoisotopic (exact) mass is 944 g/mol. The van der Waals surface area contributed by atoms with Gasteiger partial charge in [-0.1, -0.05) is 12.2 Å². The first-order chi connectivity index (χ1) is 33.0. The summed E-state index contributed by atoms with van der Waals surface area (Å²) < 4.78 is 30.6. The summed E-state index contributed by atoms with van der Waals surface area (Å²) in [7, 11) is 1.60. The number of hydrogen-bond acceptors (Lipinski definition) is 13. The molecule has 364 valence electrons. The van der Waals surface area contributed by atoms with Crippen molar-refractivity contribution in [1.29, 1.82) is 0 Å². The molecule has 20 nitrogen and oxygen atoms in total. The smallest absolute Gasteiger partial charge is 0.306 e. The molecular formula is C49H60N12O8. The van der Waals surface area contributed by atoms with Gasteiger partial charge in [-0.3, -0.25) is 33.9 Å². The van der Waals surface area contributed by atoms with E-state index < -0.39 is 23.3 Å². The highest BCUT2D eigenvalue weighted by atomic mass is 16.6. The maximum Gasteiger partial charge on any atom is 0.306 e. The number of aryl methyl sites for hydroxylation is 4. The van der Waals surface area contributed by atoms with Crippen LogP contribution in [0, 0.1) is 13.8 Å². The van der Waals surface area contributed by atoms with Gasteiger partial charge in [0, 0.05) is 80.8 Å². The average Bonchev–Trinajstić information content (AvgIpc) is 4.06. The summed E-state index contributed by atoms with van der Waals surface area (Å²) in [6.07, 6.45) is 7.43. The molecule has 7 rings (SSSR count). The normalized spacial score (nSPS) is 11.9. The Labute approximate surface area is 398 Å². The quantitative estimate of drug-likeness (QED) is 0.0365. The van der Waals surface area contributed by atoms with Gasteiger partial charge in [0.25, 0.3) is 5.91 Å². The van der Waals surface area contributed by atoms with Gasteiger partial charge in [-0.25, -0.2) is 15.0 Å². The molecule has 5 aromatic heterocycles. The molecular weight excluding hydrogens is 885 g/mol. The lowest BCUT2D eigenvalue weighted by atomic mass is 10.1. The number of nitrogens with zero attached hydrogens (tertiary/aromatic N) is 9. The van der Waals surface area contributed by atoms with Crippen LogP contribution < -0.4 is 26.3 Å². The molecule has 3 amide bonds. The largest absolute Gasteiger partial charge is 0.491 e. The summed E-state index contributed by atoms with van der Waals surface area (Å²) in [4.78, 5) is 66.3. The second-order valence-corrected chi connectivity index (χ2v) is 17.5. The standard InChI is InChI=1S/C49H60N12O8/c1-9-60-36(22-29(3)56-60)45-52-28-34-33-24-31(43(50)63)26-38(67-20-14-11-16-40(62)69-49(5,6)7)41(33)58(46(34)54-45)17-12-13-18-59-42-35(25-32(44(51)64)27-39(42)68-21-15-19-66-8)53-48(59)55-47(65)37-23-30(4)57-61(37)10-2/h12-13,22-28H,9-11,14-21H2,1-8H3,(H2,50,63)(H2,51,64)(H,53,55,65)/b13-12+. The van der Waals surface area contributed by atoms with Crippen molar-refractivity contribution in [3.8, 4) is 23.0 Å². The molecule has 0 radical (unpaired) electrons. The fourth-order valence-electron chi connectivity index (χ4n) is 8.07. The summed E-state index contributed by atoms with van der Waals surface area (Å²) in [5.74, 6) is -0.626. The number of amides is 3. The number of nitrogens with one attached hydrogen (secondary N) is 1. The molecule has 0 saturated heterocycles. The minimum atomic E-state index is -0.666. The van der Waals surface area contributed by atoms with E-state index in [0.29, 0.717) is 101 Å². The fraction of sp³-hybridized carbons (Fsp3) is 0.408. The number of carbonyl (C=O) groups excluding carboxylic acids is 4. The van der Waals surface area contributed by atoms with Crippen LogP contribution in [-0.2, 0) is 40.4 Å². The van der Waals surface area contributed by atoms with Crippen LogP contribution in [0.15, 0.2) is 54.7 Å². The summed E-state index contributed by atoms with van der Waals surface area (Å²) >= 11 is 0. The highest BCUT2D eigenvalue weighted by Crippen LogP contribution is 2.37. The Bertz CT molecular complexity index is 3080. The maximum atomic E-state index is 13.9. The van der Waals surface area contributed by atoms with Crippen LogP contribution in [0.5, 0.6) is 11.5 Å². The third-order valence-electron chi connectivity index (χ3n) is 11.1. The van der Waals surface area contributed by atoms with Gasteiger partial charge < -0.3 is 39.5 Å². The lowest BCUT2D eigenvalue weighted by molar-refractivity contribution is -0.154. The number of primary amides is 2. The molecule has 0 saturated carbocycles. The first-order valence-corrected chi connectivity index (χ1v) is 23.0. The Morgan fingerprint density at radius 3 is 2.04 bits per heavy atom. The Morgan fingerprint density at radius 2 is 1.38 bits per heavy atom. The maximum absolute atomic E-state index is 13.9. The molecule has 5 N–H and O–H groups in total. The number of benzene rings is 2. The Hall–Kier alpha value is -7.61. The van der Waals surface area contributed by atoms with Crippen LogP contribution in [0.1, 0.15) is 103 Å². The van der Waals surface area contributed by atoms with Crippen molar-refractivity contribution < 1.29 is 38.1 Å². The third-order valence-corrected chi connectivity index (χ3v) is 11.1. The van der Waals surface area contributed by atoms with Gasteiger partial charge in [0.1, 0.15) is 39.7 Å². The van der Waals surface area contributed by atoms with Crippen LogP contribution in [0.4, 0.5) is 5.95 Å². The molecule has 0 aliphatic carbocycles. The first-order valence-electron chi connectivity index (χ1n) is 23.0. The van der Waals surface area contributed by atoms with Crippen LogP contribution in [0.3, 0.4) is 0 Å². The number of carbonyl (C=O) groups is 4. The number of methoxy groups -OCH3 is 1. The zero-order valence-corrected chi connectivity index (χ0v) is 40.4. The molecule has 0 spiro atoms. The molecule has 0 aliphatic rings. The molecule has 5 heterocycles. The van der Waals surface area contributed by atoms with Crippen LogP contribution >= 0.6 is 0 Å². The highest BCUT2D eigenvalue weighted by molar-refractivity contribution is 6.12. The summed E-state index contributed by atoms with van der Waals surface area (Å²) in [5, 5.41) is 13.3. The van der Waals surface area contributed by atoms with Crippen molar-refractivity contribution in [2.24, 2.45) is 11.5 Å². The van der Waals surface area contributed by atoms with E-state index >= 15 is 0 Å². The van der Waals surface area contributed by atoms with Crippen LogP contribution in [0.25, 0.3) is 44.5 Å². The Morgan fingerprint density at radius 1 is 0.739 bits per heavy atom. The molecule has 0 unspecified atom stereocenters. The molecule has 0 atom stereocenters. The zero-order valence-electron chi connectivity index (χ0n) is 40.4. The number of esters is 1. The molecule has 2 aromatic carbocycles. The van der Waals surface area contributed by atoms with Crippen molar-refractivity contribution in [1.82, 2.24) is 43.6 Å². The summed E-state index contributed by atoms with van der Waals surface area (Å²) in [6.45, 7) is 15.6. The van der Waals surface area contributed by atoms with Gasteiger partial charge in [0.2, 0.25) is 17.8 Å². The minimum absolute atomic E-state index is 0.182. The van der Waals surface area contributed by atoms with Crippen molar-refractivity contribution >= 4 is 62.6 Å². The summed E-state index contributed by atoms with van der Waals surface area (Å²) in [5.41, 5.74) is 16.2. The number of fused-ring (bicyclic) bond motifs is 4. The van der Waals surface area contributed by atoms with Crippen LogP contribution in [0.2, 0.25) is 0 Å². The van der Waals surface area contributed by atoms with E-state index in [1.807, 2.05) is 75.9 Å². The van der Waals surface area contributed by atoms with Gasteiger partial charge in [-0.05, 0) is 97.7 Å². The van der Waals surface area contributed by atoms with Crippen molar-refractivity contribution in [2.45, 2.75) is 106 Å². The van der Waals surface area contributed by atoms with Gasteiger partial charge in [0.15, 0.2) is 5.82 Å². The van der Waals surface area contributed by atoms with Crippen molar-refractivity contribution in [2.75, 3.05) is 32.2 Å². The number of ether oxygens (including phenoxy) is 4. The van der Waals surface area contributed by atoms with Crippen LogP contribution in [-0.4, -0.2) is 99.9 Å². The molecule has 0 bridgehead atoms. The predicted octanol–water partition coefficient (Wildman–Crippen LogP) is 6.66. The Balaban J connectivity index is 1.31. The molecule has 20 heteroatoms. The molecule has 0 aliphatic heterocycles. The van der Waals surface area contributed by atoms with Gasteiger partial charge in [-0.15, -0.1) is 0 Å². The van der Waals surface area contributed by atoms with E-state index in [1.54, 1.807) is 52.9 Å². The first kappa shape index (κ1) is 49.3. The topological polar surface area (TPSA) is 253 Å². The number of nitrogens with two attached hydrogens (primary N) is 2. The van der Waals surface area contributed by atoms with E-state index in [2.05, 4.69) is 15.5 Å². The van der Waals surface area contributed by atoms with E-state index in [0.717, 1.165) is 11.4 Å². The second kappa shape index (κ2) is 21.1. The van der Waals surface area contributed by atoms with E-state index in [-0.39, 0.29) is 55.8 Å². The van der Waals surface area contributed by atoms with E-state index in [1.165, 1.54) is 0 Å². The average molecular weight is 945 g/mol. The number of unbranched alkanes of at least 4 members (excludes halogenated alkanes) is 1. The number of imidazole rings is 1. The third kappa shape index (κ3) is 11.2. The number of rotatable bonds is 22. The lowest BCUT2D eigenvalue weighted by Crippen LogP contribution is -2.23. The fourth-order valence-corrected chi connectivity index (χ4v) is 8.07. The zero-order chi connectivity index (χ0) is 49.6. The highest BCUT2D eigenvalue weighted by Gasteiger charge is 2.24. The minimum Gasteiger partial charge on any atom is -0.491 e. The Kier molecular flexibility index (Phi) is 15.1. The van der Waals surface area contributed by atoms with E-state index in [9.17, 15) is 19.2 Å². The predicted molar refractivity (Wildman–Crippen MR) is 260 cm³/mol. The van der Waals surface area contributed by atoms with Gasteiger partial charge in [-0.2, -0.15) is 10.2 Å². The number of allylic oxidation sites excluding steroid dienone is 2. The van der Waals surface area contributed by atoms with Gasteiger partial charge >= 0.3 is 5.97 Å². The van der Waals surface area contributed by atoms with Crippen molar-refractivity contribution in [3.05, 3.63) is 83.0 Å². The van der Waals surface area contributed by atoms with E-state index in [4.69, 9.17) is 45.4 Å². The lowest BCUT2D eigenvalue weighted by Gasteiger charge is -2.19. The number of hydrogen-bond donors (Lipinski definition) is 3.